The first-order valence-electron chi connectivity index (χ1n) is 6.93. The predicted octanol–water partition coefficient (Wildman–Crippen LogP) is 2.50. The highest BCUT2D eigenvalue weighted by atomic mass is 32.2. The van der Waals surface area contributed by atoms with Crippen molar-refractivity contribution in [1.29, 1.82) is 0 Å². The first-order chi connectivity index (χ1) is 10.9. The van der Waals surface area contributed by atoms with E-state index in [1.165, 1.54) is 0 Å². The monoisotopic (exact) mass is 368 g/mol. The van der Waals surface area contributed by atoms with E-state index < -0.39 is 30.9 Å². The van der Waals surface area contributed by atoms with Gasteiger partial charge in [0.05, 0.1) is 22.0 Å². The molecule has 1 aromatic carbocycles. The Kier molecular flexibility index (Phi) is 4.77. The lowest BCUT2D eigenvalue weighted by molar-refractivity contribution is -0.384. The van der Waals surface area contributed by atoms with E-state index in [4.69, 9.17) is 4.74 Å². The molecule has 0 bridgehead atoms. The number of anilines is 1. The van der Waals surface area contributed by atoms with Gasteiger partial charge >= 0.3 is 5.51 Å². The molecule has 1 aliphatic heterocycles. The Labute approximate surface area is 136 Å². The van der Waals surface area contributed by atoms with Crippen molar-refractivity contribution in [3.05, 3.63) is 28.3 Å². The van der Waals surface area contributed by atoms with Crippen molar-refractivity contribution in [2.24, 2.45) is 0 Å². The summed E-state index contributed by atoms with van der Waals surface area (Å²) in [6, 6.07) is 2.21. The Morgan fingerprint density at radius 3 is 2.25 bits per heavy atom. The minimum atomic E-state index is -5.65. The van der Waals surface area contributed by atoms with E-state index in [2.05, 4.69) is 0 Å². The molecule has 0 N–H and O–H groups in total. The van der Waals surface area contributed by atoms with Crippen LogP contribution in [0.5, 0.6) is 0 Å². The van der Waals surface area contributed by atoms with E-state index in [0.717, 1.165) is 12.1 Å². The van der Waals surface area contributed by atoms with Crippen molar-refractivity contribution < 1.29 is 31.2 Å². The third-order valence-electron chi connectivity index (χ3n) is 3.52. The summed E-state index contributed by atoms with van der Waals surface area (Å²) in [6.45, 7) is 4.13. The van der Waals surface area contributed by atoms with E-state index in [1.807, 2.05) is 0 Å². The highest BCUT2D eigenvalue weighted by Crippen LogP contribution is 2.36. The van der Waals surface area contributed by atoms with Crippen molar-refractivity contribution in [2.75, 3.05) is 18.0 Å². The molecule has 7 nitrogen and oxygen atoms in total. The van der Waals surface area contributed by atoms with Crippen LogP contribution in [0.25, 0.3) is 0 Å². The zero-order chi connectivity index (χ0) is 18.3. The molecule has 0 unspecified atom stereocenters. The number of morpholine rings is 1. The number of halogens is 3. The molecular weight excluding hydrogens is 353 g/mol. The van der Waals surface area contributed by atoms with Gasteiger partial charge in [-0.2, -0.15) is 13.2 Å². The number of rotatable bonds is 3. The summed E-state index contributed by atoms with van der Waals surface area (Å²) in [6.07, 6.45) is -0.459. The lowest BCUT2D eigenvalue weighted by Gasteiger charge is -2.36. The van der Waals surface area contributed by atoms with Gasteiger partial charge in [0.15, 0.2) is 0 Å². The molecule has 24 heavy (non-hydrogen) atoms. The van der Waals surface area contributed by atoms with Gasteiger partial charge in [0, 0.05) is 19.2 Å². The van der Waals surface area contributed by atoms with Gasteiger partial charge in [0.2, 0.25) is 0 Å². The zero-order valence-electron chi connectivity index (χ0n) is 12.8. The number of sulfone groups is 1. The van der Waals surface area contributed by atoms with Crippen LogP contribution in [0.2, 0.25) is 0 Å². The molecular formula is C13H15F3N2O5S. The normalized spacial score (nSPS) is 22.5. The molecule has 0 aliphatic carbocycles. The zero-order valence-corrected chi connectivity index (χ0v) is 13.6. The van der Waals surface area contributed by atoms with E-state index in [0.29, 0.717) is 19.2 Å². The summed E-state index contributed by atoms with van der Waals surface area (Å²) in [7, 11) is -5.65. The Balaban J connectivity index is 2.51. The van der Waals surface area contributed by atoms with Crippen LogP contribution < -0.4 is 4.90 Å². The number of ether oxygens (including phenoxy) is 1. The number of nitro groups is 1. The lowest BCUT2D eigenvalue weighted by atomic mass is 10.2. The number of benzene rings is 1. The second kappa shape index (κ2) is 6.20. The van der Waals surface area contributed by atoms with E-state index in [1.54, 1.807) is 18.7 Å². The molecule has 2 rings (SSSR count). The van der Waals surface area contributed by atoms with Crippen molar-refractivity contribution >= 4 is 21.2 Å². The molecule has 1 aromatic rings. The third kappa shape index (κ3) is 3.46. The average Bonchev–Trinajstić information content (AvgIpc) is 2.44. The second-order valence-corrected chi connectivity index (χ2v) is 7.46. The molecule has 0 spiro atoms. The average molecular weight is 368 g/mol. The van der Waals surface area contributed by atoms with Crippen molar-refractivity contribution in [1.82, 2.24) is 0 Å². The van der Waals surface area contributed by atoms with Gasteiger partial charge in [-0.15, -0.1) is 0 Å². The van der Waals surface area contributed by atoms with Crippen molar-refractivity contribution in [3.63, 3.8) is 0 Å². The van der Waals surface area contributed by atoms with Gasteiger partial charge in [0.1, 0.15) is 5.69 Å². The Bertz CT molecular complexity index is 740. The Morgan fingerprint density at radius 2 is 1.79 bits per heavy atom. The van der Waals surface area contributed by atoms with E-state index >= 15 is 0 Å². The maximum atomic E-state index is 12.6. The molecule has 2 atom stereocenters. The highest BCUT2D eigenvalue weighted by molar-refractivity contribution is 7.92. The van der Waals surface area contributed by atoms with Gasteiger partial charge in [-0.05, 0) is 26.0 Å². The van der Waals surface area contributed by atoms with Crippen LogP contribution >= 0.6 is 0 Å². The number of alkyl halides is 3. The fraction of sp³-hybridized carbons (Fsp3) is 0.538. The molecule has 1 heterocycles. The molecule has 1 fully saturated rings. The first-order valence-corrected chi connectivity index (χ1v) is 8.42. The van der Waals surface area contributed by atoms with Crippen LogP contribution in [-0.4, -0.2) is 44.1 Å². The summed E-state index contributed by atoms with van der Waals surface area (Å²) in [5.41, 5.74) is -6.16. The number of hydrogen-bond donors (Lipinski definition) is 0. The maximum absolute atomic E-state index is 12.6. The van der Waals surface area contributed by atoms with Crippen LogP contribution in [-0.2, 0) is 14.6 Å². The van der Waals surface area contributed by atoms with E-state index in [9.17, 15) is 31.7 Å². The summed E-state index contributed by atoms with van der Waals surface area (Å²) in [4.78, 5) is 10.8. The largest absolute Gasteiger partial charge is 0.501 e. The minimum absolute atomic E-state index is 0.0584. The Hall–Kier alpha value is -1.88. The smallest absolute Gasteiger partial charge is 0.372 e. The first kappa shape index (κ1) is 18.5. The SMILES string of the molecule is C[C@H]1CN(c2ccc(S(=O)(=O)C(F)(F)F)cc2[N+](=O)[O-])C[C@H](C)O1. The quantitative estimate of drug-likeness (QED) is 0.602. The standard InChI is InChI=1S/C13H15F3N2O5S/c1-8-6-17(7-9(2)23-8)11-4-3-10(5-12(11)18(19)20)24(21,22)13(14,15)16/h3-5,8-9H,6-7H2,1-2H3/t8-,9-/m0/s1. The van der Waals surface area contributed by atoms with Crippen LogP contribution in [0.1, 0.15) is 13.8 Å². The van der Waals surface area contributed by atoms with Crippen LogP contribution in [0.4, 0.5) is 24.5 Å². The molecule has 11 heteroatoms. The summed E-state index contributed by atoms with van der Waals surface area (Å²) in [5, 5.41) is 11.2. The molecule has 1 saturated heterocycles. The van der Waals surface area contributed by atoms with Crippen molar-refractivity contribution in [2.45, 2.75) is 36.5 Å². The summed E-state index contributed by atoms with van der Waals surface area (Å²) >= 11 is 0. The minimum Gasteiger partial charge on any atom is -0.372 e. The van der Waals surface area contributed by atoms with E-state index in [-0.39, 0.29) is 17.9 Å². The molecule has 0 aromatic heterocycles. The Morgan fingerprint density at radius 1 is 1.25 bits per heavy atom. The van der Waals surface area contributed by atoms with Crippen molar-refractivity contribution in [3.8, 4) is 0 Å². The molecule has 0 amide bonds. The van der Waals surface area contributed by atoms with Crippen LogP contribution in [0.3, 0.4) is 0 Å². The molecule has 0 saturated carbocycles. The maximum Gasteiger partial charge on any atom is 0.501 e. The second-order valence-electron chi connectivity index (χ2n) is 5.52. The summed E-state index contributed by atoms with van der Waals surface area (Å²) in [5.74, 6) is 0. The van der Waals surface area contributed by atoms with Gasteiger partial charge in [0.25, 0.3) is 15.5 Å². The molecule has 1 aliphatic rings. The highest BCUT2D eigenvalue weighted by Gasteiger charge is 2.47. The van der Waals surface area contributed by atoms with Gasteiger partial charge in [-0.1, -0.05) is 0 Å². The van der Waals surface area contributed by atoms with Crippen LogP contribution in [0, 0.1) is 10.1 Å². The lowest BCUT2D eigenvalue weighted by Crippen LogP contribution is -2.45. The topological polar surface area (TPSA) is 89.8 Å². The fourth-order valence-electron chi connectivity index (χ4n) is 2.59. The molecule has 0 radical (unpaired) electrons. The molecule has 134 valence electrons. The summed E-state index contributed by atoms with van der Waals surface area (Å²) < 4.78 is 66.3. The van der Waals surface area contributed by atoms with Gasteiger partial charge < -0.3 is 9.64 Å². The van der Waals surface area contributed by atoms with Crippen LogP contribution in [0.15, 0.2) is 23.1 Å². The third-order valence-corrected chi connectivity index (χ3v) is 5.00. The fourth-order valence-corrected chi connectivity index (χ4v) is 3.37. The number of nitrogens with zero attached hydrogens (tertiary/aromatic N) is 2. The number of nitro benzene ring substituents is 1. The predicted molar refractivity (Wildman–Crippen MR) is 78.6 cm³/mol. The van der Waals surface area contributed by atoms with Gasteiger partial charge in [-0.3, -0.25) is 10.1 Å². The number of hydrogen-bond acceptors (Lipinski definition) is 6. The van der Waals surface area contributed by atoms with Gasteiger partial charge in [-0.25, -0.2) is 8.42 Å².